The van der Waals surface area contributed by atoms with Gasteiger partial charge in [-0.25, -0.2) is 4.79 Å². The molecule has 1 saturated heterocycles. The maximum absolute atomic E-state index is 13.1. The highest BCUT2D eigenvalue weighted by Crippen LogP contribution is 2.18. The van der Waals surface area contributed by atoms with E-state index in [4.69, 9.17) is 4.42 Å². The number of nitrogens with zero attached hydrogens (tertiary/aromatic N) is 2. The molecular formula is C23H30N2O3. The number of hydrogen-bond donors (Lipinski definition) is 0. The topological polar surface area (TPSA) is 53.8 Å². The van der Waals surface area contributed by atoms with Crippen molar-refractivity contribution < 1.29 is 9.21 Å². The summed E-state index contributed by atoms with van der Waals surface area (Å²) in [7, 11) is 4.08. The van der Waals surface area contributed by atoms with Crippen molar-refractivity contribution >= 4 is 5.91 Å². The standard InChI is InChI=1S/C23H30N2O3/c1-17-15-20(13-12-18-9-5-4-6-10-18)28-23(27)21(17)22(26)25-14-8-7-11-19(16-25)24(2)3/h4-6,9-10,15,19H,7-8,11-14,16H2,1-3H3. The van der Waals surface area contributed by atoms with Crippen LogP contribution in [0.3, 0.4) is 0 Å². The van der Waals surface area contributed by atoms with Gasteiger partial charge in [-0.15, -0.1) is 0 Å². The molecule has 28 heavy (non-hydrogen) atoms. The normalized spacial score (nSPS) is 17.6. The van der Waals surface area contributed by atoms with E-state index in [0.29, 0.717) is 36.9 Å². The van der Waals surface area contributed by atoms with Gasteiger partial charge in [0, 0.05) is 25.6 Å². The van der Waals surface area contributed by atoms with Gasteiger partial charge in [0.05, 0.1) is 0 Å². The van der Waals surface area contributed by atoms with Gasteiger partial charge < -0.3 is 14.2 Å². The Labute approximate surface area is 167 Å². The Bertz CT molecular complexity index is 858. The Morgan fingerprint density at radius 1 is 1.18 bits per heavy atom. The summed E-state index contributed by atoms with van der Waals surface area (Å²) in [5, 5.41) is 0. The van der Waals surface area contributed by atoms with Crippen LogP contribution in [-0.2, 0) is 12.8 Å². The second kappa shape index (κ2) is 9.20. The monoisotopic (exact) mass is 382 g/mol. The van der Waals surface area contributed by atoms with Crippen molar-refractivity contribution in [2.24, 2.45) is 0 Å². The van der Waals surface area contributed by atoms with Crippen LogP contribution in [0.1, 0.15) is 46.5 Å². The van der Waals surface area contributed by atoms with Crippen molar-refractivity contribution in [1.29, 1.82) is 0 Å². The van der Waals surface area contributed by atoms with Crippen LogP contribution >= 0.6 is 0 Å². The van der Waals surface area contributed by atoms with Crippen LogP contribution in [0.2, 0.25) is 0 Å². The van der Waals surface area contributed by atoms with Crippen molar-refractivity contribution in [2.75, 3.05) is 27.2 Å². The molecule has 1 unspecified atom stereocenters. The van der Waals surface area contributed by atoms with E-state index in [1.165, 1.54) is 5.56 Å². The summed E-state index contributed by atoms with van der Waals surface area (Å²) >= 11 is 0. The molecule has 1 atom stereocenters. The third-order valence-corrected chi connectivity index (χ3v) is 5.58. The molecule has 1 aromatic heterocycles. The predicted molar refractivity (Wildman–Crippen MR) is 111 cm³/mol. The highest BCUT2D eigenvalue weighted by atomic mass is 16.4. The van der Waals surface area contributed by atoms with Crippen molar-refractivity contribution in [3.8, 4) is 0 Å². The Morgan fingerprint density at radius 3 is 2.61 bits per heavy atom. The number of amides is 1. The summed E-state index contributed by atoms with van der Waals surface area (Å²) in [5.41, 5.74) is 1.57. The Hall–Kier alpha value is -2.40. The van der Waals surface area contributed by atoms with Crippen LogP contribution in [0.4, 0.5) is 0 Å². The number of likely N-dealkylation sites (tertiary alicyclic amines) is 1. The lowest BCUT2D eigenvalue weighted by Crippen LogP contribution is -2.43. The van der Waals surface area contributed by atoms with Crippen molar-refractivity contribution in [3.05, 3.63) is 69.3 Å². The molecule has 5 heteroatoms. The van der Waals surface area contributed by atoms with Gasteiger partial charge in [0.2, 0.25) is 0 Å². The van der Waals surface area contributed by atoms with Crippen LogP contribution < -0.4 is 5.63 Å². The summed E-state index contributed by atoms with van der Waals surface area (Å²) in [5.74, 6) is 0.430. The molecule has 0 bridgehead atoms. The van der Waals surface area contributed by atoms with E-state index in [0.717, 1.165) is 25.7 Å². The molecule has 1 aliphatic rings. The maximum Gasteiger partial charge on any atom is 0.349 e. The Morgan fingerprint density at radius 2 is 1.93 bits per heavy atom. The van der Waals surface area contributed by atoms with Gasteiger partial charge in [0.1, 0.15) is 11.3 Å². The number of benzene rings is 1. The van der Waals surface area contributed by atoms with Crippen LogP contribution in [0.25, 0.3) is 0 Å². The molecule has 150 valence electrons. The second-order valence-corrected chi connectivity index (χ2v) is 7.91. The lowest BCUT2D eigenvalue weighted by Gasteiger charge is -2.28. The lowest BCUT2D eigenvalue weighted by molar-refractivity contribution is 0.0719. The van der Waals surface area contributed by atoms with Crippen LogP contribution in [0, 0.1) is 6.92 Å². The van der Waals surface area contributed by atoms with E-state index >= 15 is 0 Å². The fourth-order valence-corrected chi connectivity index (χ4v) is 3.85. The first-order chi connectivity index (χ1) is 13.5. The van der Waals surface area contributed by atoms with Crippen molar-refractivity contribution in [3.63, 3.8) is 0 Å². The van der Waals surface area contributed by atoms with E-state index in [2.05, 4.69) is 17.0 Å². The molecule has 3 rings (SSSR count). The minimum Gasteiger partial charge on any atom is -0.427 e. The molecule has 5 nitrogen and oxygen atoms in total. The third-order valence-electron chi connectivity index (χ3n) is 5.58. The largest absolute Gasteiger partial charge is 0.427 e. The summed E-state index contributed by atoms with van der Waals surface area (Å²) in [4.78, 5) is 29.7. The fourth-order valence-electron chi connectivity index (χ4n) is 3.85. The number of carbonyl (C=O) groups is 1. The molecule has 1 aliphatic heterocycles. The minimum atomic E-state index is -0.515. The van der Waals surface area contributed by atoms with Gasteiger partial charge in [-0.2, -0.15) is 0 Å². The first kappa shape index (κ1) is 20.3. The number of likely N-dealkylation sites (N-methyl/N-ethyl adjacent to an activating group) is 1. The van der Waals surface area contributed by atoms with E-state index in [9.17, 15) is 9.59 Å². The van der Waals surface area contributed by atoms with Gasteiger partial charge in [-0.05, 0) is 57.5 Å². The quantitative estimate of drug-likeness (QED) is 0.796. The lowest BCUT2D eigenvalue weighted by atomic mass is 10.1. The molecule has 1 fully saturated rings. The highest BCUT2D eigenvalue weighted by Gasteiger charge is 2.27. The summed E-state index contributed by atoms with van der Waals surface area (Å²) in [6, 6.07) is 12.3. The molecule has 2 aromatic rings. The molecule has 2 heterocycles. The second-order valence-electron chi connectivity index (χ2n) is 7.91. The third kappa shape index (κ3) is 4.90. The molecular weight excluding hydrogens is 352 g/mol. The highest BCUT2D eigenvalue weighted by molar-refractivity contribution is 5.95. The predicted octanol–water partition coefficient (Wildman–Crippen LogP) is 3.29. The van der Waals surface area contributed by atoms with Crippen molar-refractivity contribution in [1.82, 2.24) is 9.80 Å². The average Bonchev–Trinajstić information content (AvgIpc) is 2.93. The number of aryl methyl sites for hydroxylation is 3. The first-order valence-electron chi connectivity index (χ1n) is 10.1. The summed E-state index contributed by atoms with van der Waals surface area (Å²) in [6.07, 6.45) is 4.57. The number of carbonyl (C=O) groups excluding carboxylic acids is 1. The number of rotatable bonds is 5. The molecule has 1 amide bonds. The fraction of sp³-hybridized carbons (Fsp3) is 0.478. The van der Waals surface area contributed by atoms with Crippen LogP contribution in [0.5, 0.6) is 0 Å². The SMILES string of the molecule is Cc1cc(CCc2ccccc2)oc(=O)c1C(=O)N1CCCCC(N(C)C)C1. The van der Waals surface area contributed by atoms with E-state index in [1.807, 2.05) is 50.2 Å². The van der Waals surface area contributed by atoms with Gasteiger partial charge in [0.15, 0.2) is 0 Å². The van der Waals surface area contributed by atoms with E-state index in [1.54, 1.807) is 0 Å². The molecule has 0 radical (unpaired) electrons. The maximum atomic E-state index is 13.1. The van der Waals surface area contributed by atoms with Gasteiger partial charge >= 0.3 is 5.63 Å². The Balaban J connectivity index is 1.76. The zero-order chi connectivity index (χ0) is 20.1. The van der Waals surface area contributed by atoms with Gasteiger partial charge in [0.25, 0.3) is 5.91 Å². The minimum absolute atomic E-state index is 0.183. The zero-order valence-electron chi connectivity index (χ0n) is 17.1. The number of hydrogen-bond acceptors (Lipinski definition) is 4. The van der Waals surface area contributed by atoms with E-state index in [-0.39, 0.29) is 11.5 Å². The average molecular weight is 383 g/mol. The molecule has 0 spiro atoms. The first-order valence-corrected chi connectivity index (χ1v) is 10.1. The Kier molecular flexibility index (Phi) is 6.68. The van der Waals surface area contributed by atoms with Crippen molar-refractivity contribution in [2.45, 2.75) is 45.1 Å². The summed E-state index contributed by atoms with van der Waals surface area (Å²) in [6.45, 7) is 3.18. The van der Waals surface area contributed by atoms with Crippen LogP contribution in [0.15, 0.2) is 45.6 Å². The smallest absolute Gasteiger partial charge is 0.349 e. The zero-order valence-corrected chi connectivity index (χ0v) is 17.1. The molecule has 1 aromatic carbocycles. The van der Waals surface area contributed by atoms with Crippen LogP contribution in [-0.4, -0.2) is 48.9 Å². The van der Waals surface area contributed by atoms with Gasteiger partial charge in [-0.1, -0.05) is 36.8 Å². The molecule has 0 saturated carbocycles. The van der Waals surface area contributed by atoms with Gasteiger partial charge in [-0.3, -0.25) is 4.79 Å². The molecule has 0 aliphatic carbocycles. The molecule has 0 N–H and O–H groups in total. The summed E-state index contributed by atoms with van der Waals surface area (Å²) < 4.78 is 5.51. The van der Waals surface area contributed by atoms with E-state index < -0.39 is 5.63 Å².